The van der Waals surface area contributed by atoms with E-state index in [1.807, 2.05) is 0 Å². The molecule has 0 bridgehead atoms. The lowest BCUT2D eigenvalue weighted by molar-refractivity contribution is 0.628. The number of rotatable bonds is 4. The molecule has 11 nitrogen and oxygen atoms in total. The molecule has 154 valence electrons. The van der Waals surface area contributed by atoms with Crippen LogP contribution in [0.4, 0.5) is 22.0 Å². The standard InChI is InChI=1S/C17H15ClFN9O2/c1-26-12-11(13(29)27(2)17(26)30)28(14(18)24-12)7-10-22-15(20)25-16(23-10)21-9-5-3-8(19)4-6-9/h3-6H,7H2,1-2H3,(H3,20,21,22,23,25). The third kappa shape index (κ3) is 3.37. The molecule has 30 heavy (non-hydrogen) atoms. The quantitative estimate of drug-likeness (QED) is 0.452. The van der Waals surface area contributed by atoms with Crippen molar-refractivity contribution in [3.05, 3.63) is 62.0 Å². The van der Waals surface area contributed by atoms with Crippen LogP contribution in [0, 0.1) is 5.82 Å². The lowest BCUT2D eigenvalue weighted by atomic mass is 10.3. The van der Waals surface area contributed by atoms with Crippen LogP contribution < -0.4 is 22.3 Å². The maximum Gasteiger partial charge on any atom is 0.332 e. The SMILES string of the molecule is Cn1c(=O)c2c(nc(Cl)n2Cc2nc(N)nc(Nc3ccc(F)cc3)n2)n(C)c1=O. The Labute approximate surface area is 172 Å². The molecule has 0 fully saturated rings. The van der Waals surface area contributed by atoms with Crippen molar-refractivity contribution in [1.29, 1.82) is 0 Å². The van der Waals surface area contributed by atoms with Crippen LogP contribution in [0.1, 0.15) is 5.82 Å². The highest BCUT2D eigenvalue weighted by atomic mass is 35.5. The lowest BCUT2D eigenvalue weighted by Gasteiger charge is -2.09. The lowest BCUT2D eigenvalue weighted by Crippen LogP contribution is -2.37. The number of aromatic nitrogens is 7. The van der Waals surface area contributed by atoms with Crippen molar-refractivity contribution in [2.45, 2.75) is 6.54 Å². The molecule has 0 radical (unpaired) electrons. The highest BCUT2D eigenvalue weighted by Crippen LogP contribution is 2.18. The van der Waals surface area contributed by atoms with Gasteiger partial charge in [-0.05, 0) is 35.9 Å². The molecular formula is C17H15ClFN9O2. The molecule has 0 amide bonds. The molecular weight excluding hydrogens is 417 g/mol. The molecule has 1 aromatic carbocycles. The van der Waals surface area contributed by atoms with Crippen molar-refractivity contribution in [3.63, 3.8) is 0 Å². The van der Waals surface area contributed by atoms with Gasteiger partial charge in [0.15, 0.2) is 17.0 Å². The van der Waals surface area contributed by atoms with Gasteiger partial charge in [-0.2, -0.15) is 19.9 Å². The fourth-order valence-electron chi connectivity index (χ4n) is 2.93. The van der Waals surface area contributed by atoms with E-state index in [0.29, 0.717) is 5.69 Å². The molecule has 0 unspecified atom stereocenters. The van der Waals surface area contributed by atoms with Gasteiger partial charge in [0.05, 0.1) is 6.54 Å². The molecule has 0 saturated heterocycles. The average molecular weight is 432 g/mol. The Kier molecular flexibility index (Phi) is 4.70. The van der Waals surface area contributed by atoms with Gasteiger partial charge < -0.3 is 15.6 Å². The molecule has 0 atom stereocenters. The predicted octanol–water partition coefficient (Wildman–Crippen LogP) is 0.785. The van der Waals surface area contributed by atoms with Gasteiger partial charge in [0.25, 0.3) is 5.56 Å². The van der Waals surface area contributed by atoms with Gasteiger partial charge in [-0.3, -0.25) is 13.9 Å². The molecule has 0 aliphatic carbocycles. The zero-order valence-electron chi connectivity index (χ0n) is 15.8. The number of anilines is 3. The number of nitrogen functional groups attached to an aromatic ring is 1. The summed E-state index contributed by atoms with van der Waals surface area (Å²) in [4.78, 5) is 41.2. The van der Waals surface area contributed by atoms with Gasteiger partial charge >= 0.3 is 5.69 Å². The number of halogens is 2. The van der Waals surface area contributed by atoms with Gasteiger partial charge in [-0.25, -0.2) is 9.18 Å². The number of nitrogens with two attached hydrogens (primary N) is 1. The van der Waals surface area contributed by atoms with E-state index in [2.05, 4.69) is 25.3 Å². The molecule has 0 saturated carbocycles. The second-order valence-corrected chi connectivity index (χ2v) is 6.75. The van der Waals surface area contributed by atoms with Crippen molar-refractivity contribution in [3.8, 4) is 0 Å². The summed E-state index contributed by atoms with van der Waals surface area (Å²) in [5, 5.41) is 2.88. The highest BCUT2D eigenvalue weighted by Gasteiger charge is 2.19. The predicted molar refractivity (Wildman–Crippen MR) is 108 cm³/mol. The van der Waals surface area contributed by atoms with Gasteiger partial charge in [-0.1, -0.05) is 0 Å². The van der Waals surface area contributed by atoms with Crippen LogP contribution in [0.25, 0.3) is 11.2 Å². The van der Waals surface area contributed by atoms with E-state index >= 15 is 0 Å². The van der Waals surface area contributed by atoms with Crippen LogP contribution in [0.3, 0.4) is 0 Å². The largest absolute Gasteiger partial charge is 0.368 e. The number of imidazole rings is 1. The van der Waals surface area contributed by atoms with Crippen molar-refractivity contribution in [2.75, 3.05) is 11.1 Å². The summed E-state index contributed by atoms with van der Waals surface area (Å²) in [6, 6.07) is 5.59. The number of nitrogens with zero attached hydrogens (tertiary/aromatic N) is 7. The van der Waals surface area contributed by atoms with Crippen LogP contribution in [0.2, 0.25) is 5.28 Å². The zero-order valence-corrected chi connectivity index (χ0v) is 16.6. The van der Waals surface area contributed by atoms with Gasteiger partial charge in [-0.15, -0.1) is 0 Å². The smallest absolute Gasteiger partial charge is 0.332 e. The number of benzene rings is 1. The monoisotopic (exact) mass is 431 g/mol. The molecule has 0 aliphatic heterocycles. The fraction of sp³-hybridized carbons (Fsp3) is 0.176. The average Bonchev–Trinajstić information content (AvgIpc) is 3.02. The minimum absolute atomic E-state index is 0.0182. The first-order valence-electron chi connectivity index (χ1n) is 8.59. The van der Waals surface area contributed by atoms with Crippen molar-refractivity contribution < 1.29 is 4.39 Å². The van der Waals surface area contributed by atoms with E-state index in [1.54, 1.807) is 0 Å². The molecule has 0 spiro atoms. The van der Waals surface area contributed by atoms with Crippen LogP contribution >= 0.6 is 11.6 Å². The van der Waals surface area contributed by atoms with Crippen LogP contribution in [-0.2, 0) is 20.6 Å². The van der Waals surface area contributed by atoms with Gasteiger partial charge in [0.2, 0.25) is 17.2 Å². The second-order valence-electron chi connectivity index (χ2n) is 6.41. The van der Waals surface area contributed by atoms with Crippen molar-refractivity contribution in [2.24, 2.45) is 14.1 Å². The molecule has 4 rings (SSSR count). The Hall–Kier alpha value is -3.80. The number of hydrogen-bond acceptors (Lipinski definition) is 8. The Morgan fingerprint density at radius 2 is 1.77 bits per heavy atom. The van der Waals surface area contributed by atoms with Crippen molar-refractivity contribution >= 4 is 40.3 Å². The normalized spacial score (nSPS) is 11.2. The van der Waals surface area contributed by atoms with E-state index < -0.39 is 11.2 Å². The van der Waals surface area contributed by atoms with E-state index in [9.17, 15) is 14.0 Å². The first kappa shape index (κ1) is 19.5. The van der Waals surface area contributed by atoms with Gasteiger partial charge in [0.1, 0.15) is 5.82 Å². The number of hydrogen-bond donors (Lipinski definition) is 2. The zero-order chi connectivity index (χ0) is 21.6. The molecule has 3 heterocycles. The third-order valence-corrected chi connectivity index (χ3v) is 4.69. The molecule has 3 N–H and O–H groups in total. The number of nitrogens with one attached hydrogen (secondary N) is 1. The molecule has 4 aromatic rings. The summed E-state index contributed by atoms with van der Waals surface area (Å²) >= 11 is 6.23. The summed E-state index contributed by atoms with van der Waals surface area (Å²) in [7, 11) is 2.85. The Morgan fingerprint density at radius 1 is 1.07 bits per heavy atom. The molecule has 0 aliphatic rings. The Bertz CT molecular complexity index is 1390. The topological polar surface area (TPSA) is 139 Å². The number of aryl methyl sites for hydroxylation is 1. The number of fused-ring (bicyclic) bond motifs is 1. The van der Waals surface area contributed by atoms with E-state index in [4.69, 9.17) is 17.3 Å². The first-order valence-corrected chi connectivity index (χ1v) is 8.97. The first-order chi connectivity index (χ1) is 14.2. The van der Waals surface area contributed by atoms with Crippen LogP contribution in [0.15, 0.2) is 33.9 Å². The minimum atomic E-state index is -0.556. The maximum atomic E-state index is 13.1. The minimum Gasteiger partial charge on any atom is -0.368 e. The summed E-state index contributed by atoms with van der Waals surface area (Å²) < 4.78 is 16.7. The van der Waals surface area contributed by atoms with Crippen LogP contribution in [0.5, 0.6) is 0 Å². The van der Waals surface area contributed by atoms with Gasteiger partial charge in [0, 0.05) is 19.8 Å². The van der Waals surface area contributed by atoms with Crippen LogP contribution in [-0.4, -0.2) is 33.6 Å². The second kappa shape index (κ2) is 7.22. The molecule has 3 aromatic heterocycles. The summed E-state index contributed by atoms with van der Waals surface area (Å²) in [5.74, 6) is -0.117. The summed E-state index contributed by atoms with van der Waals surface area (Å²) in [6.07, 6.45) is 0. The molecule has 13 heteroatoms. The highest BCUT2D eigenvalue weighted by molar-refractivity contribution is 6.29. The maximum absolute atomic E-state index is 13.1. The Balaban J connectivity index is 1.76. The Morgan fingerprint density at radius 3 is 2.47 bits per heavy atom. The van der Waals surface area contributed by atoms with E-state index in [1.165, 1.54) is 47.5 Å². The van der Waals surface area contributed by atoms with Crippen molar-refractivity contribution in [1.82, 2.24) is 33.6 Å². The summed E-state index contributed by atoms with van der Waals surface area (Å²) in [5.41, 5.74) is 5.51. The third-order valence-electron chi connectivity index (χ3n) is 4.40. The fourth-order valence-corrected chi connectivity index (χ4v) is 3.16. The summed E-state index contributed by atoms with van der Waals surface area (Å²) in [6.45, 7) is -0.0480. The van der Waals surface area contributed by atoms with E-state index in [0.717, 1.165) is 4.57 Å². The van der Waals surface area contributed by atoms with E-state index in [-0.39, 0.29) is 46.5 Å².